The third-order valence-electron chi connectivity index (χ3n) is 8.69. The average Bonchev–Trinajstić information content (AvgIpc) is 3.65. The van der Waals surface area contributed by atoms with E-state index in [0.717, 1.165) is 55.3 Å². The van der Waals surface area contributed by atoms with E-state index in [1.165, 1.54) is 0 Å². The Kier molecular flexibility index (Phi) is 7.11. The first-order valence-corrected chi connectivity index (χ1v) is 14.2. The minimum Gasteiger partial charge on any atom is -0.332 e. The summed E-state index contributed by atoms with van der Waals surface area (Å²) < 4.78 is 0. The summed E-state index contributed by atoms with van der Waals surface area (Å²) in [7, 11) is 0. The largest absolute Gasteiger partial charge is 0.332 e. The van der Waals surface area contributed by atoms with Crippen LogP contribution in [0.3, 0.4) is 0 Å². The van der Waals surface area contributed by atoms with E-state index < -0.39 is 11.0 Å². The van der Waals surface area contributed by atoms with Gasteiger partial charge < -0.3 is 20.9 Å². The second-order valence-corrected chi connectivity index (χ2v) is 11.3. The quantitative estimate of drug-likeness (QED) is 0.471. The molecule has 1 saturated heterocycles. The minimum absolute atomic E-state index is 0.0166. The van der Waals surface area contributed by atoms with Gasteiger partial charge in [0.05, 0.1) is 17.5 Å². The number of nitrogens with zero attached hydrogens (tertiary/aromatic N) is 2. The zero-order valence-electron chi connectivity index (χ0n) is 22.6. The molecule has 3 amide bonds. The molecule has 0 bridgehead atoms. The number of amides is 3. The van der Waals surface area contributed by atoms with Crippen LogP contribution in [0.5, 0.6) is 0 Å². The van der Waals surface area contributed by atoms with Gasteiger partial charge in [0.25, 0.3) is 0 Å². The Hall–Kier alpha value is -4.04. The maximum Gasteiger partial charge on any atom is 0.243 e. The van der Waals surface area contributed by atoms with Gasteiger partial charge in [0.15, 0.2) is 0 Å². The summed E-state index contributed by atoms with van der Waals surface area (Å²) in [6, 6.07) is 21.7. The minimum atomic E-state index is -0.629. The third kappa shape index (κ3) is 4.88. The highest BCUT2D eigenvalue weighted by atomic mass is 16.2. The number of nitrogens with one attached hydrogen (secondary N) is 3. The van der Waals surface area contributed by atoms with Crippen molar-refractivity contribution in [1.29, 1.82) is 0 Å². The number of rotatable bonds is 3. The van der Waals surface area contributed by atoms with Crippen molar-refractivity contribution >= 4 is 29.2 Å². The van der Waals surface area contributed by atoms with Crippen LogP contribution in [-0.2, 0) is 32.6 Å². The molecule has 2 aliphatic heterocycles. The van der Waals surface area contributed by atoms with Crippen LogP contribution in [0.4, 0.5) is 11.5 Å². The SMILES string of the molecule is O=C(CN1CCCNC2(CCCC2)C1=O)Nc1ccc2c(c1)CC1(C2)C(=O)Nc2ncccc21.c1ccccc1. The molecule has 3 N–H and O–H groups in total. The highest BCUT2D eigenvalue weighted by molar-refractivity contribution is 6.06. The summed E-state index contributed by atoms with van der Waals surface area (Å²) in [6.45, 7) is 1.46. The van der Waals surface area contributed by atoms with E-state index in [1.54, 1.807) is 11.1 Å². The van der Waals surface area contributed by atoms with Gasteiger partial charge in [0.1, 0.15) is 5.82 Å². The second kappa shape index (κ2) is 10.8. The first-order chi connectivity index (χ1) is 19.5. The number of pyridine rings is 1. The molecule has 7 rings (SSSR count). The van der Waals surface area contributed by atoms with Crippen molar-refractivity contribution in [1.82, 2.24) is 15.2 Å². The summed E-state index contributed by atoms with van der Waals surface area (Å²) in [5.41, 5.74) is 2.70. The van der Waals surface area contributed by atoms with Gasteiger partial charge in [-0.05, 0) is 68.0 Å². The summed E-state index contributed by atoms with van der Waals surface area (Å²) in [4.78, 5) is 45.1. The van der Waals surface area contributed by atoms with Crippen LogP contribution in [0.15, 0.2) is 72.9 Å². The standard InChI is InChI=1S/C26H29N5O3.C6H6/c32-21(16-31-12-4-11-28-26(24(31)34)8-1-2-9-26)29-19-7-6-17-14-25(15-18(17)13-19)20-5-3-10-27-22(20)30-23(25)33;1-2-4-6-5-3-1/h3,5-7,10,13,28H,1-2,4,8-9,11-12,14-16H2,(H,29,32)(H,27,30,33);1-6H. The predicted octanol–water partition coefficient (Wildman–Crippen LogP) is 3.83. The van der Waals surface area contributed by atoms with Crippen LogP contribution in [0, 0.1) is 0 Å². The molecule has 3 heterocycles. The van der Waals surface area contributed by atoms with Crippen LogP contribution < -0.4 is 16.0 Å². The van der Waals surface area contributed by atoms with Crippen molar-refractivity contribution < 1.29 is 14.4 Å². The maximum atomic E-state index is 13.2. The number of carbonyl (C=O) groups is 3. The number of hydrogen-bond acceptors (Lipinski definition) is 5. The van der Waals surface area contributed by atoms with Crippen molar-refractivity contribution in [3.05, 3.63) is 89.6 Å². The van der Waals surface area contributed by atoms with Crippen LogP contribution in [0.1, 0.15) is 48.8 Å². The smallest absolute Gasteiger partial charge is 0.243 e. The highest BCUT2D eigenvalue weighted by Crippen LogP contribution is 2.47. The molecule has 2 aromatic carbocycles. The summed E-state index contributed by atoms with van der Waals surface area (Å²) in [5, 5.41) is 9.37. The van der Waals surface area contributed by atoms with Crippen LogP contribution in [0.25, 0.3) is 0 Å². The first kappa shape index (κ1) is 26.2. The molecular formula is C32H35N5O3. The number of anilines is 2. The van der Waals surface area contributed by atoms with E-state index >= 15 is 0 Å². The summed E-state index contributed by atoms with van der Waals surface area (Å²) in [6.07, 6.45) is 7.54. The van der Waals surface area contributed by atoms with E-state index in [-0.39, 0.29) is 24.3 Å². The van der Waals surface area contributed by atoms with E-state index in [2.05, 4.69) is 20.9 Å². The maximum absolute atomic E-state index is 13.2. The lowest BCUT2D eigenvalue weighted by atomic mass is 9.79. The molecule has 1 atom stereocenters. The second-order valence-electron chi connectivity index (χ2n) is 11.3. The molecule has 2 fully saturated rings. The summed E-state index contributed by atoms with van der Waals surface area (Å²) in [5.74, 6) is 0.500. The van der Waals surface area contributed by atoms with Crippen LogP contribution >= 0.6 is 0 Å². The molecule has 206 valence electrons. The van der Waals surface area contributed by atoms with Gasteiger partial charge in [-0.2, -0.15) is 0 Å². The van der Waals surface area contributed by atoms with Crippen molar-refractivity contribution in [2.24, 2.45) is 0 Å². The van der Waals surface area contributed by atoms with Gasteiger partial charge in [0, 0.05) is 24.0 Å². The molecule has 1 unspecified atom stereocenters. The summed E-state index contributed by atoms with van der Waals surface area (Å²) >= 11 is 0. The van der Waals surface area contributed by atoms with Crippen LogP contribution in [-0.4, -0.2) is 52.8 Å². The Morgan fingerprint density at radius 1 is 0.925 bits per heavy atom. The molecule has 2 aliphatic carbocycles. The Morgan fingerprint density at radius 3 is 2.40 bits per heavy atom. The van der Waals surface area contributed by atoms with Crippen molar-refractivity contribution in [2.45, 2.75) is 55.9 Å². The molecule has 2 spiro atoms. The van der Waals surface area contributed by atoms with E-state index in [0.29, 0.717) is 30.9 Å². The van der Waals surface area contributed by atoms with Crippen molar-refractivity contribution in [2.75, 3.05) is 30.3 Å². The molecule has 1 aromatic heterocycles. The first-order valence-electron chi connectivity index (χ1n) is 14.2. The molecule has 0 radical (unpaired) electrons. The van der Waals surface area contributed by atoms with Crippen LogP contribution in [0.2, 0.25) is 0 Å². The number of carbonyl (C=O) groups excluding carboxylic acids is 3. The average molecular weight is 538 g/mol. The van der Waals surface area contributed by atoms with Gasteiger partial charge in [-0.25, -0.2) is 4.98 Å². The number of benzene rings is 2. The van der Waals surface area contributed by atoms with E-state index in [9.17, 15) is 14.4 Å². The fraction of sp³-hybridized carbons (Fsp3) is 0.375. The Labute approximate surface area is 234 Å². The normalized spacial score (nSPS) is 22.2. The van der Waals surface area contributed by atoms with Gasteiger partial charge >= 0.3 is 0 Å². The molecule has 3 aromatic rings. The zero-order chi connectivity index (χ0) is 27.6. The fourth-order valence-electron chi connectivity index (χ4n) is 6.70. The predicted molar refractivity (Wildman–Crippen MR) is 154 cm³/mol. The van der Waals surface area contributed by atoms with E-state index in [1.807, 2.05) is 66.7 Å². The third-order valence-corrected chi connectivity index (χ3v) is 8.69. The lowest BCUT2D eigenvalue weighted by molar-refractivity contribution is -0.139. The van der Waals surface area contributed by atoms with Gasteiger partial charge in [0.2, 0.25) is 17.7 Å². The molecular weight excluding hydrogens is 502 g/mol. The van der Waals surface area contributed by atoms with E-state index in [4.69, 9.17) is 0 Å². The van der Waals surface area contributed by atoms with Gasteiger partial charge in [-0.1, -0.05) is 61.4 Å². The van der Waals surface area contributed by atoms with Crippen molar-refractivity contribution in [3.8, 4) is 0 Å². The molecule has 4 aliphatic rings. The zero-order valence-corrected chi connectivity index (χ0v) is 22.6. The van der Waals surface area contributed by atoms with Crippen molar-refractivity contribution in [3.63, 3.8) is 0 Å². The lowest BCUT2D eigenvalue weighted by Crippen LogP contribution is -2.55. The molecule has 8 nitrogen and oxygen atoms in total. The fourth-order valence-corrected chi connectivity index (χ4v) is 6.70. The monoisotopic (exact) mass is 537 g/mol. The number of aromatic nitrogens is 1. The Bertz CT molecular complexity index is 1390. The highest BCUT2D eigenvalue weighted by Gasteiger charge is 2.51. The number of hydrogen-bond donors (Lipinski definition) is 3. The molecule has 40 heavy (non-hydrogen) atoms. The molecule has 8 heteroatoms. The Morgan fingerprint density at radius 2 is 1.65 bits per heavy atom. The van der Waals surface area contributed by atoms with Gasteiger partial charge in [-0.3, -0.25) is 14.4 Å². The van der Waals surface area contributed by atoms with Gasteiger partial charge in [-0.15, -0.1) is 0 Å². The topological polar surface area (TPSA) is 103 Å². The molecule has 1 saturated carbocycles. The lowest BCUT2D eigenvalue weighted by Gasteiger charge is -2.31. The number of fused-ring (bicyclic) bond motifs is 3. The Balaban J connectivity index is 0.000000429.